The largest absolute Gasteiger partial charge is 0.494 e. The third-order valence-electron chi connectivity index (χ3n) is 4.56. The molecule has 0 unspecified atom stereocenters. The SMILES string of the molecule is CCCCCOc1ccc(C(=O)N=c2sc3ccc(Cl)c(Cl)c3n2CC(=O)OC)cc1. The van der Waals surface area contributed by atoms with E-state index in [2.05, 4.69) is 11.9 Å². The number of thiazole rings is 1. The fourth-order valence-corrected chi connectivity index (χ4v) is 4.43. The van der Waals surface area contributed by atoms with Crippen LogP contribution in [0.2, 0.25) is 10.0 Å². The Morgan fingerprint density at radius 3 is 2.52 bits per heavy atom. The molecule has 3 rings (SSSR count). The van der Waals surface area contributed by atoms with E-state index >= 15 is 0 Å². The van der Waals surface area contributed by atoms with E-state index in [0.717, 1.165) is 24.0 Å². The molecule has 0 spiro atoms. The highest BCUT2D eigenvalue weighted by atomic mass is 35.5. The number of rotatable bonds is 8. The van der Waals surface area contributed by atoms with E-state index in [4.69, 9.17) is 32.7 Å². The molecule has 2 aromatic carbocycles. The van der Waals surface area contributed by atoms with Crippen LogP contribution in [0.25, 0.3) is 10.2 Å². The lowest BCUT2D eigenvalue weighted by atomic mass is 10.2. The normalized spacial score (nSPS) is 11.7. The van der Waals surface area contributed by atoms with E-state index in [-0.39, 0.29) is 11.6 Å². The van der Waals surface area contributed by atoms with Gasteiger partial charge in [-0.15, -0.1) is 0 Å². The predicted octanol–water partition coefficient (Wildman–Crippen LogP) is 5.49. The first kappa shape index (κ1) is 23.3. The number of unbranched alkanes of at least 4 members (excludes halogenated alkanes) is 2. The maximum absolute atomic E-state index is 12.8. The Labute approximate surface area is 194 Å². The smallest absolute Gasteiger partial charge is 0.325 e. The Kier molecular flexibility index (Phi) is 8.12. The molecule has 0 aliphatic carbocycles. The number of carbonyl (C=O) groups is 2. The summed E-state index contributed by atoms with van der Waals surface area (Å²) in [5.74, 6) is -0.226. The number of hydrogen-bond donors (Lipinski definition) is 0. The zero-order chi connectivity index (χ0) is 22.4. The standard InChI is InChI=1S/C22H22Cl2N2O4S/c1-3-4-5-12-30-15-8-6-14(7-9-15)21(28)25-22-26(13-18(27)29-2)20-17(31-22)11-10-16(23)19(20)24/h6-11H,3-5,12-13H2,1-2H3. The second-order valence-corrected chi connectivity index (χ2v) is 8.55. The lowest BCUT2D eigenvalue weighted by Gasteiger charge is -2.06. The summed E-state index contributed by atoms with van der Waals surface area (Å²) in [6.07, 6.45) is 3.24. The van der Waals surface area contributed by atoms with Crippen molar-refractivity contribution in [1.29, 1.82) is 0 Å². The van der Waals surface area contributed by atoms with Gasteiger partial charge in [-0.3, -0.25) is 9.59 Å². The van der Waals surface area contributed by atoms with Gasteiger partial charge in [0.2, 0.25) is 0 Å². The number of hydrogen-bond acceptors (Lipinski definition) is 5. The van der Waals surface area contributed by atoms with E-state index in [1.807, 2.05) is 0 Å². The Hall–Kier alpha value is -2.35. The molecule has 0 atom stereocenters. The zero-order valence-corrected chi connectivity index (χ0v) is 19.5. The number of fused-ring (bicyclic) bond motifs is 1. The van der Waals surface area contributed by atoms with Crippen LogP contribution in [-0.4, -0.2) is 30.2 Å². The van der Waals surface area contributed by atoms with Gasteiger partial charge < -0.3 is 14.0 Å². The number of esters is 1. The summed E-state index contributed by atoms with van der Waals surface area (Å²) >= 11 is 13.7. The minimum Gasteiger partial charge on any atom is -0.494 e. The number of amides is 1. The van der Waals surface area contributed by atoms with Crippen LogP contribution in [0.3, 0.4) is 0 Å². The van der Waals surface area contributed by atoms with Crippen LogP contribution < -0.4 is 9.54 Å². The van der Waals surface area contributed by atoms with Gasteiger partial charge in [-0.1, -0.05) is 54.3 Å². The Balaban J connectivity index is 1.92. The lowest BCUT2D eigenvalue weighted by Crippen LogP contribution is -2.22. The zero-order valence-electron chi connectivity index (χ0n) is 17.2. The molecule has 0 aliphatic rings. The Bertz CT molecular complexity index is 1150. The van der Waals surface area contributed by atoms with E-state index in [1.54, 1.807) is 41.0 Å². The van der Waals surface area contributed by atoms with E-state index in [0.29, 0.717) is 33.3 Å². The van der Waals surface area contributed by atoms with E-state index in [1.165, 1.54) is 18.4 Å². The molecule has 0 fully saturated rings. The number of nitrogens with zero attached hydrogens (tertiary/aromatic N) is 2. The second kappa shape index (κ2) is 10.8. The molecule has 0 saturated heterocycles. The summed E-state index contributed by atoms with van der Waals surface area (Å²) < 4.78 is 12.7. The molecular weight excluding hydrogens is 459 g/mol. The van der Waals surface area contributed by atoms with Crippen LogP contribution in [0, 0.1) is 0 Å². The molecule has 0 bridgehead atoms. The van der Waals surface area contributed by atoms with Crippen LogP contribution in [0.1, 0.15) is 36.5 Å². The molecule has 1 aromatic heterocycles. The van der Waals surface area contributed by atoms with Gasteiger partial charge in [0.05, 0.1) is 34.0 Å². The number of carbonyl (C=O) groups excluding carboxylic acids is 2. The van der Waals surface area contributed by atoms with Gasteiger partial charge in [0, 0.05) is 5.56 Å². The predicted molar refractivity (Wildman–Crippen MR) is 123 cm³/mol. The molecule has 0 aliphatic heterocycles. The Morgan fingerprint density at radius 2 is 1.84 bits per heavy atom. The second-order valence-electron chi connectivity index (χ2n) is 6.75. The molecule has 31 heavy (non-hydrogen) atoms. The molecule has 3 aromatic rings. The molecular formula is C22H22Cl2N2O4S. The van der Waals surface area contributed by atoms with Crippen LogP contribution in [0.15, 0.2) is 41.4 Å². The Morgan fingerprint density at radius 1 is 1.10 bits per heavy atom. The summed E-state index contributed by atoms with van der Waals surface area (Å²) in [5.41, 5.74) is 0.944. The third-order valence-corrected chi connectivity index (χ3v) is 6.40. The van der Waals surface area contributed by atoms with Crippen molar-refractivity contribution >= 4 is 56.6 Å². The van der Waals surface area contributed by atoms with Gasteiger partial charge in [0.25, 0.3) is 5.91 Å². The fraction of sp³-hybridized carbons (Fsp3) is 0.318. The average molecular weight is 481 g/mol. The summed E-state index contributed by atoms with van der Waals surface area (Å²) in [5, 5.41) is 0.635. The maximum atomic E-state index is 12.8. The van der Waals surface area contributed by atoms with Gasteiger partial charge >= 0.3 is 5.97 Å². The van der Waals surface area contributed by atoms with Crippen molar-refractivity contribution in [3.63, 3.8) is 0 Å². The van der Waals surface area contributed by atoms with Crippen molar-refractivity contribution in [2.75, 3.05) is 13.7 Å². The van der Waals surface area contributed by atoms with Gasteiger partial charge in [-0.2, -0.15) is 4.99 Å². The minimum absolute atomic E-state index is 0.146. The highest BCUT2D eigenvalue weighted by molar-refractivity contribution is 7.16. The lowest BCUT2D eigenvalue weighted by molar-refractivity contribution is -0.141. The van der Waals surface area contributed by atoms with E-state index < -0.39 is 11.9 Å². The molecule has 1 amide bonds. The van der Waals surface area contributed by atoms with Crippen LogP contribution in [-0.2, 0) is 16.1 Å². The number of aromatic nitrogens is 1. The monoisotopic (exact) mass is 480 g/mol. The molecule has 0 N–H and O–H groups in total. The third kappa shape index (κ3) is 5.67. The first-order valence-corrected chi connectivity index (χ1v) is 11.4. The molecule has 1 heterocycles. The van der Waals surface area contributed by atoms with Crippen molar-refractivity contribution in [1.82, 2.24) is 4.57 Å². The first-order chi connectivity index (χ1) is 14.9. The number of ether oxygens (including phenoxy) is 2. The summed E-state index contributed by atoms with van der Waals surface area (Å²) in [6.45, 7) is 2.63. The van der Waals surface area contributed by atoms with Gasteiger partial charge in [-0.25, -0.2) is 0 Å². The fourth-order valence-electron chi connectivity index (χ4n) is 2.92. The number of benzene rings is 2. The quantitative estimate of drug-likeness (QED) is 0.315. The molecule has 9 heteroatoms. The number of methoxy groups -OCH3 is 1. The van der Waals surface area contributed by atoms with Crippen molar-refractivity contribution < 1.29 is 19.1 Å². The van der Waals surface area contributed by atoms with Gasteiger partial charge in [-0.05, 0) is 42.8 Å². The van der Waals surface area contributed by atoms with Crippen LogP contribution in [0.4, 0.5) is 0 Å². The van der Waals surface area contributed by atoms with Crippen molar-refractivity contribution in [3.8, 4) is 5.75 Å². The summed E-state index contributed by atoms with van der Waals surface area (Å²) in [7, 11) is 1.29. The van der Waals surface area contributed by atoms with Gasteiger partial charge in [0.1, 0.15) is 12.3 Å². The molecule has 0 saturated carbocycles. The summed E-state index contributed by atoms with van der Waals surface area (Å²) in [4.78, 5) is 29.3. The van der Waals surface area contributed by atoms with Crippen molar-refractivity contribution in [3.05, 3.63) is 56.8 Å². The molecule has 164 valence electrons. The highest BCUT2D eigenvalue weighted by Crippen LogP contribution is 2.32. The maximum Gasteiger partial charge on any atom is 0.325 e. The molecule has 0 radical (unpaired) electrons. The summed E-state index contributed by atoms with van der Waals surface area (Å²) in [6, 6.07) is 10.3. The van der Waals surface area contributed by atoms with Gasteiger partial charge in [0.15, 0.2) is 4.80 Å². The van der Waals surface area contributed by atoms with Crippen molar-refractivity contribution in [2.24, 2.45) is 4.99 Å². The average Bonchev–Trinajstić information content (AvgIpc) is 3.11. The van der Waals surface area contributed by atoms with E-state index in [9.17, 15) is 9.59 Å². The first-order valence-electron chi connectivity index (χ1n) is 9.80. The number of halogens is 2. The van der Waals surface area contributed by atoms with Crippen molar-refractivity contribution in [2.45, 2.75) is 32.7 Å². The van der Waals surface area contributed by atoms with Crippen LogP contribution in [0.5, 0.6) is 5.75 Å². The minimum atomic E-state index is -0.491. The van der Waals surface area contributed by atoms with Crippen LogP contribution >= 0.6 is 34.5 Å². The highest BCUT2D eigenvalue weighted by Gasteiger charge is 2.16. The topological polar surface area (TPSA) is 69.9 Å². The molecule has 6 nitrogen and oxygen atoms in total.